The van der Waals surface area contributed by atoms with Crippen LogP contribution in [-0.2, 0) is 0 Å². The minimum atomic E-state index is 0.346. The van der Waals surface area contributed by atoms with Gasteiger partial charge in [-0.3, -0.25) is 0 Å². The molecule has 0 saturated heterocycles. The van der Waals surface area contributed by atoms with Gasteiger partial charge in [-0.15, -0.1) is 0 Å². The second kappa shape index (κ2) is 5.85. The van der Waals surface area contributed by atoms with E-state index in [9.17, 15) is 0 Å². The third-order valence-electron chi connectivity index (χ3n) is 3.00. The number of hydrogen-bond acceptors (Lipinski definition) is 5. The lowest BCUT2D eigenvalue weighted by atomic mass is 10.3. The van der Waals surface area contributed by atoms with Gasteiger partial charge in [0.25, 0.3) is 0 Å². The van der Waals surface area contributed by atoms with Crippen LogP contribution in [0.5, 0.6) is 11.6 Å². The van der Waals surface area contributed by atoms with Gasteiger partial charge in [0.1, 0.15) is 17.4 Å². The van der Waals surface area contributed by atoms with Gasteiger partial charge in [-0.05, 0) is 18.9 Å². The van der Waals surface area contributed by atoms with Crippen LogP contribution in [0.15, 0.2) is 18.2 Å². The van der Waals surface area contributed by atoms with Crippen LogP contribution < -0.4 is 16.0 Å². The highest BCUT2D eigenvalue weighted by Crippen LogP contribution is 2.40. The van der Waals surface area contributed by atoms with Crippen LogP contribution in [0.25, 0.3) is 0 Å². The number of halogens is 3. The molecule has 1 aliphatic rings. The van der Waals surface area contributed by atoms with Crippen molar-refractivity contribution in [3.8, 4) is 11.6 Å². The molecule has 1 aromatic heterocycles. The molecule has 5 nitrogen and oxygen atoms in total. The molecule has 21 heavy (non-hydrogen) atoms. The van der Waals surface area contributed by atoms with E-state index in [4.69, 9.17) is 45.4 Å². The average Bonchev–Trinajstić information content (AvgIpc) is 3.29. The van der Waals surface area contributed by atoms with E-state index in [1.807, 2.05) is 0 Å². The maximum absolute atomic E-state index is 6.09. The van der Waals surface area contributed by atoms with Crippen molar-refractivity contribution < 1.29 is 4.74 Å². The number of rotatable bonds is 4. The monoisotopic (exact) mass is 344 g/mol. The van der Waals surface area contributed by atoms with Crippen molar-refractivity contribution in [3.63, 3.8) is 0 Å². The molecule has 1 heterocycles. The van der Waals surface area contributed by atoms with Gasteiger partial charge < -0.3 is 10.2 Å². The maximum atomic E-state index is 6.09. The Kier molecular flexibility index (Phi) is 4.08. The summed E-state index contributed by atoms with van der Waals surface area (Å²) < 4.78 is 5.68. The molecule has 3 rings (SSSR count). The molecular weight excluding hydrogens is 335 g/mol. The molecule has 2 aromatic rings. The Balaban J connectivity index is 1.94. The van der Waals surface area contributed by atoms with Gasteiger partial charge in [-0.25, -0.2) is 10.8 Å². The zero-order valence-corrected chi connectivity index (χ0v) is 13.0. The number of nitrogen functional groups attached to an aromatic ring is 1. The van der Waals surface area contributed by atoms with Crippen molar-refractivity contribution in [2.24, 2.45) is 5.84 Å². The quantitative estimate of drug-likeness (QED) is 0.488. The molecule has 1 fully saturated rings. The molecular formula is C13H11Cl3N4O. The summed E-state index contributed by atoms with van der Waals surface area (Å²) in [6.45, 7) is 0. The lowest BCUT2D eigenvalue weighted by molar-refractivity contribution is 0.459. The Morgan fingerprint density at radius 1 is 1.05 bits per heavy atom. The molecule has 0 unspecified atom stereocenters. The predicted octanol–water partition coefficient (Wildman–Crippen LogP) is 4.39. The van der Waals surface area contributed by atoms with Crippen molar-refractivity contribution in [3.05, 3.63) is 39.1 Å². The molecule has 0 bridgehead atoms. The van der Waals surface area contributed by atoms with Crippen molar-refractivity contribution in [1.82, 2.24) is 9.97 Å². The largest absolute Gasteiger partial charge is 0.437 e. The zero-order valence-electron chi connectivity index (χ0n) is 10.7. The van der Waals surface area contributed by atoms with Crippen LogP contribution in [0, 0.1) is 0 Å². The lowest BCUT2D eigenvalue weighted by Crippen LogP contribution is -2.10. The molecule has 0 spiro atoms. The van der Waals surface area contributed by atoms with Crippen LogP contribution in [0.3, 0.4) is 0 Å². The van der Waals surface area contributed by atoms with Crippen LogP contribution in [-0.4, -0.2) is 9.97 Å². The van der Waals surface area contributed by atoms with E-state index in [1.165, 1.54) is 6.07 Å². The lowest BCUT2D eigenvalue weighted by Gasteiger charge is -2.10. The number of benzene rings is 1. The first-order valence-electron chi connectivity index (χ1n) is 6.25. The molecule has 1 aromatic carbocycles. The fourth-order valence-corrected chi connectivity index (χ4v) is 2.36. The fourth-order valence-electron chi connectivity index (χ4n) is 1.79. The third-order valence-corrected chi connectivity index (χ3v) is 4.02. The van der Waals surface area contributed by atoms with Crippen LogP contribution in [0.2, 0.25) is 15.1 Å². The number of anilines is 1. The second-order valence-electron chi connectivity index (χ2n) is 4.67. The van der Waals surface area contributed by atoms with Crippen LogP contribution in [0.4, 0.5) is 5.82 Å². The van der Waals surface area contributed by atoms with Gasteiger partial charge in [0.2, 0.25) is 5.88 Å². The second-order valence-corrected chi connectivity index (χ2v) is 5.89. The summed E-state index contributed by atoms with van der Waals surface area (Å²) in [5.41, 5.74) is 2.50. The summed E-state index contributed by atoms with van der Waals surface area (Å²) in [6, 6.07) is 4.65. The SMILES string of the molecule is NNc1cc(Oc2cc(Cl)c(Cl)cc2Cl)nc(C2CC2)n1. The van der Waals surface area contributed by atoms with Crippen molar-refractivity contribution in [2.75, 3.05) is 5.43 Å². The van der Waals surface area contributed by atoms with Crippen molar-refractivity contribution in [1.29, 1.82) is 0 Å². The van der Waals surface area contributed by atoms with E-state index in [1.54, 1.807) is 12.1 Å². The Labute approximate surface area is 136 Å². The van der Waals surface area contributed by atoms with Gasteiger partial charge in [0.15, 0.2) is 0 Å². The molecule has 0 amide bonds. The van der Waals surface area contributed by atoms with Crippen LogP contribution >= 0.6 is 34.8 Å². The van der Waals surface area contributed by atoms with E-state index < -0.39 is 0 Å². The molecule has 1 saturated carbocycles. The fraction of sp³-hybridized carbons (Fsp3) is 0.231. The normalized spacial score (nSPS) is 14.1. The standard InChI is InChI=1S/C13H11Cl3N4O/c14-7-3-9(16)10(4-8(7)15)21-12-5-11(20-17)18-13(19-12)6-1-2-6/h3-6H,1-2,17H2,(H,18,19,20). The number of nitrogens with two attached hydrogens (primary N) is 1. The van der Waals surface area contributed by atoms with Gasteiger partial charge in [-0.1, -0.05) is 34.8 Å². The summed E-state index contributed by atoms with van der Waals surface area (Å²) in [5.74, 6) is 7.69. The number of hydrazine groups is 1. The number of ether oxygens (including phenoxy) is 1. The third kappa shape index (κ3) is 3.32. The molecule has 110 valence electrons. The molecule has 0 radical (unpaired) electrons. The highest BCUT2D eigenvalue weighted by Gasteiger charge is 2.27. The highest BCUT2D eigenvalue weighted by molar-refractivity contribution is 6.43. The highest BCUT2D eigenvalue weighted by atomic mass is 35.5. The van der Waals surface area contributed by atoms with Crippen molar-refractivity contribution >= 4 is 40.6 Å². The summed E-state index contributed by atoms with van der Waals surface area (Å²) >= 11 is 17.9. The first-order chi connectivity index (χ1) is 10.1. The van der Waals surface area contributed by atoms with Gasteiger partial charge >= 0.3 is 0 Å². The first-order valence-corrected chi connectivity index (χ1v) is 7.38. The predicted molar refractivity (Wildman–Crippen MR) is 83.4 cm³/mol. The molecule has 8 heteroatoms. The topological polar surface area (TPSA) is 73.1 Å². The van der Waals surface area contributed by atoms with Crippen LogP contribution in [0.1, 0.15) is 24.6 Å². The Bertz CT molecular complexity index is 691. The summed E-state index contributed by atoms with van der Waals surface area (Å²) in [5, 5.41) is 1.06. The Hall–Kier alpha value is -1.27. The van der Waals surface area contributed by atoms with Gasteiger partial charge in [-0.2, -0.15) is 4.98 Å². The van der Waals surface area contributed by atoms with Gasteiger partial charge in [0, 0.05) is 18.1 Å². The van der Waals surface area contributed by atoms with E-state index in [2.05, 4.69) is 15.4 Å². The number of aromatic nitrogens is 2. The zero-order chi connectivity index (χ0) is 15.0. The molecule has 3 N–H and O–H groups in total. The van der Waals surface area contributed by atoms with Crippen molar-refractivity contribution in [2.45, 2.75) is 18.8 Å². The summed E-state index contributed by atoms with van der Waals surface area (Å²) in [7, 11) is 0. The smallest absolute Gasteiger partial charge is 0.224 e. The number of nitrogens with one attached hydrogen (secondary N) is 1. The van der Waals surface area contributed by atoms with E-state index in [0.29, 0.717) is 44.3 Å². The molecule has 0 atom stereocenters. The maximum Gasteiger partial charge on any atom is 0.224 e. The van der Waals surface area contributed by atoms with E-state index >= 15 is 0 Å². The minimum Gasteiger partial charge on any atom is -0.437 e. The Morgan fingerprint density at radius 3 is 2.43 bits per heavy atom. The first kappa shape index (κ1) is 14.7. The van der Waals surface area contributed by atoms with E-state index in [0.717, 1.165) is 12.8 Å². The minimum absolute atomic E-state index is 0.346. The molecule has 1 aliphatic carbocycles. The van der Waals surface area contributed by atoms with E-state index in [-0.39, 0.29) is 0 Å². The molecule has 0 aliphatic heterocycles. The number of hydrogen-bond donors (Lipinski definition) is 2. The van der Waals surface area contributed by atoms with Gasteiger partial charge in [0.05, 0.1) is 15.1 Å². The average molecular weight is 346 g/mol. The Morgan fingerprint density at radius 2 is 1.76 bits per heavy atom. The number of nitrogens with zero attached hydrogens (tertiary/aromatic N) is 2. The summed E-state index contributed by atoms with van der Waals surface area (Å²) in [4.78, 5) is 8.67. The summed E-state index contributed by atoms with van der Waals surface area (Å²) in [6.07, 6.45) is 2.14.